The zero-order valence-corrected chi connectivity index (χ0v) is 13.5. The lowest BCUT2D eigenvalue weighted by Crippen LogP contribution is -2.33. The molecule has 0 spiro atoms. The largest absolute Gasteiger partial charge is 0.393 e. The summed E-state index contributed by atoms with van der Waals surface area (Å²) < 4.78 is 0. The van der Waals surface area contributed by atoms with Crippen molar-refractivity contribution in [2.24, 2.45) is 0 Å². The summed E-state index contributed by atoms with van der Waals surface area (Å²) in [6, 6.07) is 13.2. The maximum atomic E-state index is 12.0. The molecule has 2 unspecified atom stereocenters. The van der Waals surface area contributed by atoms with Gasteiger partial charge in [0.15, 0.2) is 0 Å². The molecule has 0 saturated carbocycles. The maximum Gasteiger partial charge on any atom is 0.319 e. The molecule has 1 aromatic heterocycles. The smallest absolute Gasteiger partial charge is 0.319 e. The number of aliphatic hydroxyl groups is 1. The number of carbonyl (C=O) groups excluding carboxylic acids is 1. The SMILES string of the molecule is Cc1cc(NC(=O)NCC(CC(C)O)c2ccccc2)ccn1. The number of aromatic nitrogens is 1. The summed E-state index contributed by atoms with van der Waals surface area (Å²) in [5.41, 5.74) is 2.66. The third-order valence-electron chi connectivity index (χ3n) is 3.56. The molecule has 5 nitrogen and oxygen atoms in total. The van der Waals surface area contributed by atoms with Crippen LogP contribution in [0.1, 0.15) is 30.5 Å². The first kappa shape index (κ1) is 17.0. The standard InChI is InChI=1S/C18H23N3O2/c1-13-10-17(8-9-19-13)21-18(23)20-12-16(11-14(2)22)15-6-4-3-5-7-15/h3-10,14,16,22H,11-12H2,1-2H3,(H2,19,20,21,23). The Balaban J connectivity index is 1.94. The number of aryl methyl sites for hydroxylation is 1. The molecule has 0 aliphatic heterocycles. The van der Waals surface area contributed by atoms with E-state index in [0.29, 0.717) is 18.7 Å². The van der Waals surface area contributed by atoms with Crippen LogP contribution in [0.5, 0.6) is 0 Å². The number of carbonyl (C=O) groups is 1. The second-order valence-corrected chi connectivity index (χ2v) is 5.71. The highest BCUT2D eigenvalue weighted by atomic mass is 16.3. The molecular formula is C18H23N3O2. The van der Waals surface area contributed by atoms with E-state index >= 15 is 0 Å². The van der Waals surface area contributed by atoms with Crippen molar-refractivity contribution in [1.82, 2.24) is 10.3 Å². The van der Waals surface area contributed by atoms with Crippen LogP contribution >= 0.6 is 0 Å². The molecule has 2 amide bonds. The number of anilines is 1. The Labute approximate surface area is 136 Å². The molecule has 2 aromatic rings. The Bertz CT molecular complexity index is 629. The maximum absolute atomic E-state index is 12.0. The Morgan fingerprint density at radius 2 is 2.00 bits per heavy atom. The predicted molar refractivity (Wildman–Crippen MR) is 91.5 cm³/mol. The van der Waals surface area contributed by atoms with Crippen LogP contribution < -0.4 is 10.6 Å². The highest BCUT2D eigenvalue weighted by Crippen LogP contribution is 2.20. The molecule has 0 aliphatic carbocycles. The number of nitrogens with one attached hydrogen (secondary N) is 2. The van der Waals surface area contributed by atoms with Gasteiger partial charge in [-0.05, 0) is 38.0 Å². The fourth-order valence-electron chi connectivity index (χ4n) is 2.49. The van der Waals surface area contributed by atoms with Crippen molar-refractivity contribution in [2.75, 3.05) is 11.9 Å². The quantitative estimate of drug-likeness (QED) is 0.767. The van der Waals surface area contributed by atoms with Crippen molar-refractivity contribution in [2.45, 2.75) is 32.3 Å². The minimum Gasteiger partial charge on any atom is -0.393 e. The molecule has 5 heteroatoms. The normalized spacial score (nSPS) is 13.2. The first-order chi connectivity index (χ1) is 11.0. The molecule has 2 rings (SSSR count). The first-order valence-corrected chi connectivity index (χ1v) is 7.75. The molecule has 2 atom stereocenters. The van der Waals surface area contributed by atoms with Crippen LogP contribution in [0.2, 0.25) is 0 Å². The van der Waals surface area contributed by atoms with E-state index in [9.17, 15) is 9.90 Å². The van der Waals surface area contributed by atoms with E-state index in [0.717, 1.165) is 11.3 Å². The van der Waals surface area contributed by atoms with Crippen molar-refractivity contribution >= 4 is 11.7 Å². The van der Waals surface area contributed by atoms with Crippen molar-refractivity contribution in [3.05, 3.63) is 59.9 Å². The van der Waals surface area contributed by atoms with Crippen LogP contribution in [0, 0.1) is 6.92 Å². The number of urea groups is 1. The number of pyridine rings is 1. The van der Waals surface area contributed by atoms with Crippen molar-refractivity contribution < 1.29 is 9.90 Å². The second-order valence-electron chi connectivity index (χ2n) is 5.71. The summed E-state index contributed by atoms with van der Waals surface area (Å²) in [6.07, 6.45) is 1.83. The van der Waals surface area contributed by atoms with Gasteiger partial charge in [-0.3, -0.25) is 4.98 Å². The zero-order chi connectivity index (χ0) is 16.7. The first-order valence-electron chi connectivity index (χ1n) is 7.75. The monoisotopic (exact) mass is 313 g/mol. The van der Waals surface area contributed by atoms with Crippen LogP contribution in [-0.4, -0.2) is 28.8 Å². The summed E-state index contributed by atoms with van der Waals surface area (Å²) >= 11 is 0. The van der Waals surface area contributed by atoms with Gasteiger partial charge in [-0.1, -0.05) is 30.3 Å². The number of hydrogen-bond donors (Lipinski definition) is 3. The summed E-state index contributed by atoms with van der Waals surface area (Å²) in [4.78, 5) is 16.1. The molecule has 3 N–H and O–H groups in total. The van der Waals surface area contributed by atoms with Crippen molar-refractivity contribution in [3.63, 3.8) is 0 Å². The van der Waals surface area contributed by atoms with E-state index < -0.39 is 6.10 Å². The molecule has 23 heavy (non-hydrogen) atoms. The number of aliphatic hydroxyl groups excluding tert-OH is 1. The summed E-state index contributed by atoms with van der Waals surface area (Å²) in [7, 11) is 0. The van der Waals surface area contributed by atoms with Crippen LogP contribution in [0.15, 0.2) is 48.7 Å². The number of amides is 2. The summed E-state index contributed by atoms with van der Waals surface area (Å²) in [5.74, 6) is 0.0705. The van der Waals surface area contributed by atoms with Gasteiger partial charge in [0.05, 0.1) is 6.10 Å². The Hall–Kier alpha value is -2.40. The Morgan fingerprint density at radius 3 is 2.65 bits per heavy atom. The van der Waals surface area contributed by atoms with Crippen LogP contribution in [-0.2, 0) is 0 Å². The predicted octanol–water partition coefficient (Wildman–Crippen LogP) is 3.07. The van der Waals surface area contributed by atoms with Crippen LogP contribution in [0.25, 0.3) is 0 Å². The molecule has 122 valence electrons. The van der Waals surface area contributed by atoms with Gasteiger partial charge < -0.3 is 15.7 Å². The van der Waals surface area contributed by atoms with Gasteiger partial charge in [0.2, 0.25) is 0 Å². The molecular weight excluding hydrogens is 290 g/mol. The molecule has 0 aliphatic rings. The second kappa shape index (κ2) is 8.29. The number of benzene rings is 1. The number of hydrogen-bond acceptors (Lipinski definition) is 3. The van der Waals surface area contributed by atoms with Gasteiger partial charge >= 0.3 is 6.03 Å². The lowest BCUT2D eigenvalue weighted by molar-refractivity contribution is 0.173. The minimum atomic E-state index is -0.423. The van der Waals surface area contributed by atoms with Crippen molar-refractivity contribution in [1.29, 1.82) is 0 Å². The average molecular weight is 313 g/mol. The number of nitrogens with zero attached hydrogens (tertiary/aromatic N) is 1. The van der Waals surface area contributed by atoms with Crippen LogP contribution in [0.4, 0.5) is 10.5 Å². The topological polar surface area (TPSA) is 74.2 Å². The fourth-order valence-corrected chi connectivity index (χ4v) is 2.49. The third kappa shape index (κ3) is 5.71. The van der Waals surface area contributed by atoms with Gasteiger partial charge in [0, 0.05) is 30.0 Å². The molecule has 0 saturated heterocycles. The lowest BCUT2D eigenvalue weighted by Gasteiger charge is -2.20. The number of rotatable bonds is 6. The molecule has 1 aromatic carbocycles. The Morgan fingerprint density at radius 1 is 1.26 bits per heavy atom. The van der Waals surface area contributed by atoms with Gasteiger partial charge in [-0.15, -0.1) is 0 Å². The van der Waals surface area contributed by atoms with Crippen molar-refractivity contribution in [3.8, 4) is 0 Å². The van der Waals surface area contributed by atoms with E-state index in [1.807, 2.05) is 43.3 Å². The van der Waals surface area contributed by atoms with Gasteiger partial charge in [-0.2, -0.15) is 0 Å². The van der Waals surface area contributed by atoms with E-state index in [1.54, 1.807) is 19.2 Å². The third-order valence-corrected chi connectivity index (χ3v) is 3.56. The fraction of sp³-hybridized carbons (Fsp3) is 0.333. The molecule has 0 bridgehead atoms. The highest BCUT2D eigenvalue weighted by molar-refractivity contribution is 5.89. The van der Waals surface area contributed by atoms with E-state index in [-0.39, 0.29) is 11.9 Å². The summed E-state index contributed by atoms with van der Waals surface area (Å²) in [6.45, 7) is 4.09. The van der Waals surface area contributed by atoms with Crippen LogP contribution in [0.3, 0.4) is 0 Å². The minimum absolute atomic E-state index is 0.0705. The Kier molecular flexibility index (Phi) is 6.11. The lowest BCUT2D eigenvalue weighted by atomic mass is 9.93. The summed E-state index contributed by atoms with van der Waals surface area (Å²) in [5, 5.41) is 15.3. The molecule has 1 heterocycles. The van der Waals surface area contributed by atoms with Gasteiger partial charge in [0.25, 0.3) is 0 Å². The van der Waals surface area contributed by atoms with E-state index in [4.69, 9.17) is 0 Å². The molecule has 0 radical (unpaired) electrons. The van der Waals surface area contributed by atoms with Gasteiger partial charge in [-0.25, -0.2) is 4.79 Å². The molecule has 0 fully saturated rings. The average Bonchev–Trinajstić information content (AvgIpc) is 2.52. The van der Waals surface area contributed by atoms with Gasteiger partial charge in [0.1, 0.15) is 0 Å². The highest BCUT2D eigenvalue weighted by Gasteiger charge is 2.15. The zero-order valence-electron chi connectivity index (χ0n) is 13.5. The van der Waals surface area contributed by atoms with E-state index in [2.05, 4.69) is 15.6 Å². The van der Waals surface area contributed by atoms with E-state index in [1.165, 1.54) is 0 Å².